The average Bonchev–Trinajstić information content (AvgIpc) is 2.38. The van der Waals surface area contributed by atoms with Crippen LogP contribution in [0, 0.1) is 0 Å². The quantitative estimate of drug-likeness (QED) is 0.710. The zero-order valence-corrected chi connectivity index (χ0v) is 14.5. The summed E-state index contributed by atoms with van der Waals surface area (Å²) in [7, 11) is 4.11. The van der Waals surface area contributed by atoms with Crippen LogP contribution in [0.25, 0.3) is 0 Å². The molecular formula is C16H27ClN2O2. The fraction of sp³-hybridized carbons (Fsp3) is 0.625. The van der Waals surface area contributed by atoms with E-state index in [9.17, 15) is 0 Å². The van der Waals surface area contributed by atoms with Crippen LogP contribution in [0.5, 0.6) is 11.5 Å². The highest BCUT2D eigenvalue weighted by molar-refractivity contribution is 6.31. The van der Waals surface area contributed by atoms with Gasteiger partial charge in [-0.2, -0.15) is 0 Å². The van der Waals surface area contributed by atoms with Gasteiger partial charge < -0.3 is 19.7 Å². The summed E-state index contributed by atoms with van der Waals surface area (Å²) in [6.07, 6.45) is 0.0874. The van der Waals surface area contributed by atoms with Crippen molar-refractivity contribution in [2.24, 2.45) is 0 Å². The minimum atomic E-state index is 0.0874. The Morgan fingerprint density at radius 2 is 1.95 bits per heavy atom. The minimum absolute atomic E-state index is 0.0874. The molecule has 0 saturated heterocycles. The standard InChI is InChI=1S/C16H27ClN2O2/c1-6-20-15-9-13(11-18-7-8-19(4)5)14(17)10-16(15)21-12(2)3/h9-10,12,18H,6-8,11H2,1-5H3. The zero-order valence-electron chi connectivity index (χ0n) is 13.7. The summed E-state index contributed by atoms with van der Waals surface area (Å²) < 4.78 is 11.4. The molecule has 1 aromatic rings. The van der Waals surface area contributed by atoms with Crippen LogP contribution in [-0.4, -0.2) is 44.8 Å². The molecule has 0 amide bonds. The predicted molar refractivity (Wildman–Crippen MR) is 88.6 cm³/mol. The summed E-state index contributed by atoms with van der Waals surface area (Å²) >= 11 is 6.34. The van der Waals surface area contributed by atoms with Gasteiger partial charge in [-0.3, -0.25) is 0 Å². The maximum Gasteiger partial charge on any atom is 0.163 e. The Balaban J connectivity index is 2.77. The predicted octanol–water partition coefficient (Wildman–Crippen LogP) is 3.18. The van der Waals surface area contributed by atoms with Crippen LogP contribution >= 0.6 is 11.6 Å². The number of benzene rings is 1. The molecule has 5 heteroatoms. The molecule has 0 atom stereocenters. The van der Waals surface area contributed by atoms with Crippen molar-refractivity contribution in [3.8, 4) is 11.5 Å². The Morgan fingerprint density at radius 3 is 2.52 bits per heavy atom. The Bertz CT molecular complexity index is 437. The van der Waals surface area contributed by atoms with Crippen LogP contribution in [-0.2, 0) is 6.54 Å². The van der Waals surface area contributed by atoms with Gasteiger partial charge in [0.1, 0.15) is 0 Å². The lowest BCUT2D eigenvalue weighted by molar-refractivity contribution is 0.223. The van der Waals surface area contributed by atoms with E-state index in [1.165, 1.54) is 0 Å². The molecular weight excluding hydrogens is 288 g/mol. The van der Waals surface area contributed by atoms with E-state index in [4.69, 9.17) is 21.1 Å². The second-order valence-corrected chi connectivity index (χ2v) is 5.88. The monoisotopic (exact) mass is 314 g/mol. The largest absolute Gasteiger partial charge is 0.490 e. The van der Waals surface area contributed by atoms with Crippen LogP contribution in [0.15, 0.2) is 12.1 Å². The van der Waals surface area contributed by atoms with Crippen molar-refractivity contribution in [1.82, 2.24) is 10.2 Å². The number of ether oxygens (including phenoxy) is 2. The third kappa shape index (κ3) is 6.55. The van der Waals surface area contributed by atoms with Gasteiger partial charge in [-0.05, 0) is 46.5 Å². The lowest BCUT2D eigenvalue weighted by Gasteiger charge is -2.17. The number of hydrogen-bond acceptors (Lipinski definition) is 4. The molecule has 0 saturated carbocycles. The number of likely N-dealkylation sites (N-methyl/N-ethyl adjacent to an activating group) is 1. The molecule has 21 heavy (non-hydrogen) atoms. The zero-order chi connectivity index (χ0) is 15.8. The number of rotatable bonds is 9. The van der Waals surface area contributed by atoms with E-state index in [1.807, 2.05) is 32.9 Å². The summed E-state index contributed by atoms with van der Waals surface area (Å²) in [4.78, 5) is 2.14. The van der Waals surface area contributed by atoms with Gasteiger partial charge in [-0.1, -0.05) is 11.6 Å². The smallest absolute Gasteiger partial charge is 0.163 e. The molecule has 0 aliphatic rings. The first-order chi connectivity index (χ1) is 9.93. The molecule has 120 valence electrons. The van der Waals surface area contributed by atoms with Crippen molar-refractivity contribution >= 4 is 11.6 Å². The molecule has 0 fully saturated rings. The van der Waals surface area contributed by atoms with Gasteiger partial charge in [0, 0.05) is 30.7 Å². The number of halogens is 1. The summed E-state index contributed by atoms with van der Waals surface area (Å²) in [5.74, 6) is 1.45. The van der Waals surface area contributed by atoms with E-state index in [2.05, 4.69) is 24.3 Å². The van der Waals surface area contributed by atoms with Gasteiger partial charge in [0.2, 0.25) is 0 Å². The maximum absolute atomic E-state index is 6.34. The molecule has 0 aromatic heterocycles. The highest BCUT2D eigenvalue weighted by atomic mass is 35.5. The second kappa shape index (κ2) is 9.13. The average molecular weight is 315 g/mol. The van der Waals surface area contributed by atoms with E-state index >= 15 is 0 Å². The van der Waals surface area contributed by atoms with Crippen molar-refractivity contribution in [1.29, 1.82) is 0 Å². The summed E-state index contributed by atoms with van der Waals surface area (Å²) in [5.41, 5.74) is 1.02. The molecule has 0 unspecified atom stereocenters. The molecule has 1 rings (SSSR count). The first-order valence-electron chi connectivity index (χ1n) is 7.41. The summed E-state index contributed by atoms with van der Waals surface area (Å²) in [6, 6.07) is 3.81. The topological polar surface area (TPSA) is 33.7 Å². The van der Waals surface area contributed by atoms with E-state index in [0.717, 1.165) is 24.4 Å². The van der Waals surface area contributed by atoms with Gasteiger partial charge >= 0.3 is 0 Å². The Morgan fingerprint density at radius 1 is 1.24 bits per heavy atom. The van der Waals surface area contributed by atoms with E-state index in [1.54, 1.807) is 0 Å². The molecule has 4 nitrogen and oxygen atoms in total. The van der Waals surface area contributed by atoms with Gasteiger partial charge in [-0.25, -0.2) is 0 Å². The van der Waals surface area contributed by atoms with Gasteiger partial charge in [0.05, 0.1) is 12.7 Å². The Labute approximate surface area is 133 Å². The van der Waals surface area contributed by atoms with Gasteiger partial charge in [0.15, 0.2) is 11.5 Å². The van der Waals surface area contributed by atoms with E-state index in [0.29, 0.717) is 23.9 Å². The number of nitrogens with zero attached hydrogens (tertiary/aromatic N) is 1. The Kier molecular flexibility index (Phi) is 7.86. The third-order valence-corrected chi connectivity index (χ3v) is 3.18. The van der Waals surface area contributed by atoms with Crippen LogP contribution < -0.4 is 14.8 Å². The summed E-state index contributed by atoms with van der Waals surface area (Å²) in [6.45, 7) is 9.16. The maximum atomic E-state index is 6.34. The molecule has 0 bridgehead atoms. The van der Waals surface area contributed by atoms with Crippen molar-refractivity contribution in [3.05, 3.63) is 22.7 Å². The van der Waals surface area contributed by atoms with Crippen LogP contribution in [0.4, 0.5) is 0 Å². The number of nitrogens with one attached hydrogen (secondary N) is 1. The highest BCUT2D eigenvalue weighted by Gasteiger charge is 2.12. The molecule has 0 radical (unpaired) electrons. The molecule has 1 aromatic carbocycles. The fourth-order valence-electron chi connectivity index (χ4n) is 1.85. The fourth-order valence-corrected chi connectivity index (χ4v) is 2.07. The van der Waals surface area contributed by atoms with Crippen molar-refractivity contribution < 1.29 is 9.47 Å². The Hall–Kier alpha value is -0.970. The first-order valence-corrected chi connectivity index (χ1v) is 7.79. The van der Waals surface area contributed by atoms with Crippen molar-refractivity contribution in [2.45, 2.75) is 33.4 Å². The van der Waals surface area contributed by atoms with Gasteiger partial charge in [-0.15, -0.1) is 0 Å². The van der Waals surface area contributed by atoms with E-state index in [-0.39, 0.29) is 6.10 Å². The van der Waals surface area contributed by atoms with Crippen molar-refractivity contribution in [2.75, 3.05) is 33.8 Å². The minimum Gasteiger partial charge on any atom is -0.490 e. The summed E-state index contributed by atoms with van der Waals surface area (Å²) in [5, 5.41) is 4.08. The van der Waals surface area contributed by atoms with Crippen LogP contribution in [0.1, 0.15) is 26.3 Å². The normalized spacial score (nSPS) is 11.2. The third-order valence-electron chi connectivity index (χ3n) is 2.83. The molecule has 0 aliphatic heterocycles. The lowest BCUT2D eigenvalue weighted by Crippen LogP contribution is -2.26. The van der Waals surface area contributed by atoms with Crippen molar-refractivity contribution in [3.63, 3.8) is 0 Å². The van der Waals surface area contributed by atoms with Crippen LogP contribution in [0.3, 0.4) is 0 Å². The highest BCUT2D eigenvalue weighted by Crippen LogP contribution is 2.34. The molecule has 0 spiro atoms. The van der Waals surface area contributed by atoms with Crippen LogP contribution in [0.2, 0.25) is 5.02 Å². The van der Waals surface area contributed by atoms with E-state index < -0.39 is 0 Å². The molecule has 0 heterocycles. The van der Waals surface area contributed by atoms with Gasteiger partial charge in [0.25, 0.3) is 0 Å². The lowest BCUT2D eigenvalue weighted by atomic mass is 10.2. The number of hydrogen-bond donors (Lipinski definition) is 1. The molecule has 1 N–H and O–H groups in total. The first kappa shape index (κ1) is 18.1. The molecule has 0 aliphatic carbocycles. The SMILES string of the molecule is CCOc1cc(CNCCN(C)C)c(Cl)cc1OC(C)C. The second-order valence-electron chi connectivity index (χ2n) is 5.47.